The van der Waals surface area contributed by atoms with E-state index < -0.39 is 11.6 Å². The minimum absolute atomic E-state index is 0.0400. The Morgan fingerprint density at radius 2 is 1.82 bits per heavy atom. The molecule has 5 amide bonds. The number of aryl methyl sites for hydroxylation is 2. The Morgan fingerprint density at radius 1 is 1.05 bits per heavy atom. The minimum atomic E-state index is -1.05. The molecule has 0 spiro atoms. The molecular weight excluding hydrogens is 558 g/mol. The normalized spacial score (nSPS) is 22.8. The van der Waals surface area contributed by atoms with Gasteiger partial charge in [-0.15, -0.1) is 0 Å². The number of fused-ring (bicyclic) bond motifs is 2. The lowest BCUT2D eigenvalue weighted by atomic mass is 9.91. The number of amides is 5. The number of anilines is 1. The van der Waals surface area contributed by atoms with Crippen LogP contribution in [-0.4, -0.2) is 69.6 Å². The zero-order valence-corrected chi connectivity index (χ0v) is 25.5. The lowest BCUT2D eigenvalue weighted by Gasteiger charge is -2.36. The first-order valence-electron chi connectivity index (χ1n) is 15.2. The van der Waals surface area contributed by atoms with Gasteiger partial charge in [0.1, 0.15) is 17.3 Å². The Balaban J connectivity index is 1.26. The van der Waals surface area contributed by atoms with E-state index in [0.717, 1.165) is 29.5 Å². The summed E-state index contributed by atoms with van der Waals surface area (Å²) in [6.07, 6.45) is 3.83. The van der Waals surface area contributed by atoms with Crippen LogP contribution in [0.3, 0.4) is 0 Å². The maximum atomic E-state index is 14.0. The van der Waals surface area contributed by atoms with Crippen LogP contribution in [-0.2, 0) is 35.9 Å². The third kappa shape index (κ3) is 5.10. The monoisotopic (exact) mass is 597 g/mol. The fourth-order valence-corrected chi connectivity index (χ4v) is 7.07. The predicted molar refractivity (Wildman–Crippen MR) is 165 cm³/mol. The standard InChI is InChI=1S/C33H39N7O4/c1-19(2)26-18-40(32(44)37-26)33(31(43)34-3)16-21-9-11-23(15-22(21)17-33)36-30(42)28(38-29(41)27-13-14-35-39(27)4)25-12-10-20-7-5-6-8-24(20)25/h5-9,11,13-15,19,25-26,28H,10,12,16-18H2,1-4H3,(H,34,43)(H,36,42)(H,37,44)(H,38,41)/t25?,26-,28?,33?/m0/s1. The molecule has 4 atom stereocenters. The number of urea groups is 1. The van der Waals surface area contributed by atoms with Crippen LogP contribution in [0.1, 0.15) is 58.9 Å². The van der Waals surface area contributed by atoms with Crippen molar-refractivity contribution in [2.45, 2.75) is 63.1 Å². The number of carbonyl (C=O) groups excluding carboxylic acids is 4. The van der Waals surface area contributed by atoms with Gasteiger partial charge in [0.15, 0.2) is 0 Å². The Hall–Kier alpha value is -4.67. The molecule has 3 aromatic rings. The van der Waals surface area contributed by atoms with E-state index in [9.17, 15) is 19.2 Å². The predicted octanol–water partition coefficient (Wildman–Crippen LogP) is 2.52. The Morgan fingerprint density at radius 3 is 2.52 bits per heavy atom. The molecule has 1 fully saturated rings. The van der Waals surface area contributed by atoms with Crippen LogP contribution < -0.4 is 21.3 Å². The molecule has 44 heavy (non-hydrogen) atoms. The van der Waals surface area contributed by atoms with E-state index >= 15 is 0 Å². The highest BCUT2D eigenvalue weighted by Gasteiger charge is 2.53. The molecule has 2 heterocycles. The number of carbonyl (C=O) groups is 4. The van der Waals surface area contributed by atoms with Gasteiger partial charge in [-0.3, -0.25) is 19.1 Å². The van der Waals surface area contributed by atoms with Crippen molar-refractivity contribution in [1.29, 1.82) is 0 Å². The molecule has 0 radical (unpaired) electrons. The molecule has 230 valence electrons. The van der Waals surface area contributed by atoms with Crippen LogP contribution in [0, 0.1) is 5.92 Å². The molecule has 0 saturated carbocycles. The molecule has 3 unspecified atom stereocenters. The fourth-order valence-electron chi connectivity index (χ4n) is 7.07. The van der Waals surface area contributed by atoms with Gasteiger partial charge in [0.25, 0.3) is 5.91 Å². The molecule has 0 bridgehead atoms. The van der Waals surface area contributed by atoms with Crippen molar-refractivity contribution in [2.24, 2.45) is 13.0 Å². The van der Waals surface area contributed by atoms with Gasteiger partial charge in [-0.05, 0) is 59.2 Å². The molecule has 11 heteroatoms. The molecule has 1 aromatic heterocycles. The van der Waals surface area contributed by atoms with Gasteiger partial charge < -0.3 is 26.2 Å². The van der Waals surface area contributed by atoms with Crippen LogP contribution in [0.2, 0.25) is 0 Å². The third-order valence-electron chi connectivity index (χ3n) is 9.55. The van der Waals surface area contributed by atoms with Gasteiger partial charge in [0.05, 0.1) is 6.04 Å². The van der Waals surface area contributed by atoms with Gasteiger partial charge in [0, 0.05) is 51.3 Å². The van der Waals surface area contributed by atoms with Crippen LogP contribution in [0.25, 0.3) is 0 Å². The molecule has 2 aromatic carbocycles. The van der Waals surface area contributed by atoms with Crippen LogP contribution in [0.15, 0.2) is 54.7 Å². The lowest BCUT2D eigenvalue weighted by molar-refractivity contribution is -0.130. The van der Waals surface area contributed by atoms with Crippen molar-refractivity contribution >= 4 is 29.4 Å². The summed E-state index contributed by atoms with van der Waals surface area (Å²) in [5.74, 6) is -0.869. The number of hydrogen-bond acceptors (Lipinski definition) is 5. The third-order valence-corrected chi connectivity index (χ3v) is 9.55. The van der Waals surface area contributed by atoms with E-state index in [2.05, 4.69) is 46.3 Å². The minimum Gasteiger partial charge on any atom is -0.357 e. The second-order valence-electron chi connectivity index (χ2n) is 12.5. The summed E-state index contributed by atoms with van der Waals surface area (Å²) < 4.78 is 1.48. The average molecular weight is 598 g/mol. The maximum absolute atomic E-state index is 14.0. The van der Waals surface area contributed by atoms with Gasteiger partial charge in [0.2, 0.25) is 11.8 Å². The SMILES string of the molecule is CNC(=O)C1(N2C[C@@H](C(C)C)NC2=O)Cc2ccc(NC(=O)C(NC(=O)c3ccnn3C)C3CCc4ccccc43)cc2C1. The number of nitrogens with one attached hydrogen (secondary N) is 4. The van der Waals surface area contributed by atoms with E-state index in [4.69, 9.17) is 0 Å². The molecule has 1 saturated heterocycles. The van der Waals surface area contributed by atoms with Crippen LogP contribution in [0.5, 0.6) is 0 Å². The quantitative estimate of drug-likeness (QED) is 0.316. The molecule has 6 rings (SSSR count). The zero-order valence-electron chi connectivity index (χ0n) is 25.5. The van der Waals surface area contributed by atoms with Gasteiger partial charge in [-0.1, -0.05) is 44.2 Å². The van der Waals surface area contributed by atoms with Crippen LogP contribution in [0.4, 0.5) is 10.5 Å². The molecule has 1 aliphatic heterocycles. The first kappa shape index (κ1) is 29.4. The number of likely N-dealkylation sites (N-methyl/N-ethyl adjacent to an activating group) is 1. The highest BCUT2D eigenvalue weighted by atomic mass is 16.2. The molecule has 3 aliphatic rings. The van der Waals surface area contributed by atoms with Crippen LogP contribution >= 0.6 is 0 Å². The zero-order chi connectivity index (χ0) is 31.2. The maximum Gasteiger partial charge on any atom is 0.318 e. The summed E-state index contributed by atoms with van der Waals surface area (Å²) in [5.41, 5.74) is 3.97. The number of hydrogen-bond donors (Lipinski definition) is 4. The lowest BCUT2D eigenvalue weighted by Crippen LogP contribution is -2.60. The highest BCUT2D eigenvalue weighted by molar-refractivity contribution is 6.01. The van der Waals surface area contributed by atoms with Crippen molar-refractivity contribution < 1.29 is 19.2 Å². The van der Waals surface area contributed by atoms with Crippen molar-refractivity contribution in [2.75, 3.05) is 18.9 Å². The van der Waals surface area contributed by atoms with E-state index in [1.807, 2.05) is 36.4 Å². The number of benzene rings is 2. The Kier molecular flexibility index (Phi) is 7.65. The first-order valence-corrected chi connectivity index (χ1v) is 15.2. The fraction of sp³-hybridized carbons (Fsp3) is 0.424. The van der Waals surface area contributed by atoms with Crippen molar-refractivity contribution in [3.63, 3.8) is 0 Å². The summed E-state index contributed by atoms with van der Waals surface area (Å²) >= 11 is 0. The molecular formula is C33H39N7O4. The smallest absolute Gasteiger partial charge is 0.318 e. The summed E-state index contributed by atoms with van der Waals surface area (Å²) in [6, 6.07) is 14.2. The Labute approximate surface area is 256 Å². The van der Waals surface area contributed by atoms with Crippen molar-refractivity contribution in [3.05, 3.63) is 82.7 Å². The van der Waals surface area contributed by atoms with E-state index in [1.165, 1.54) is 10.2 Å². The summed E-state index contributed by atoms with van der Waals surface area (Å²) in [6.45, 7) is 4.55. The molecule has 4 N–H and O–H groups in total. The van der Waals surface area contributed by atoms with E-state index in [-0.39, 0.29) is 41.6 Å². The first-order chi connectivity index (χ1) is 21.1. The van der Waals surface area contributed by atoms with Crippen molar-refractivity contribution in [1.82, 2.24) is 30.6 Å². The summed E-state index contributed by atoms with van der Waals surface area (Å²) in [7, 11) is 3.28. The number of nitrogens with zero attached hydrogens (tertiary/aromatic N) is 3. The Bertz CT molecular complexity index is 1630. The van der Waals surface area contributed by atoms with Crippen molar-refractivity contribution in [3.8, 4) is 0 Å². The largest absolute Gasteiger partial charge is 0.357 e. The highest BCUT2D eigenvalue weighted by Crippen LogP contribution is 2.39. The average Bonchev–Trinajstić information content (AvgIpc) is 3.80. The van der Waals surface area contributed by atoms with E-state index in [1.54, 1.807) is 31.3 Å². The van der Waals surface area contributed by atoms with Gasteiger partial charge in [-0.25, -0.2) is 4.79 Å². The summed E-state index contributed by atoms with van der Waals surface area (Å²) in [5, 5.41) is 16.0. The molecule has 11 nitrogen and oxygen atoms in total. The topological polar surface area (TPSA) is 137 Å². The number of aromatic nitrogens is 2. The summed E-state index contributed by atoms with van der Waals surface area (Å²) in [4.78, 5) is 55.4. The van der Waals surface area contributed by atoms with E-state index in [0.29, 0.717) is 30.8 Å². The van der Waals surface area contributed by atoms with Gasteiger partial charge in [-0.2, -0.15) is 5.10 Å². The molecule has 2 aliphatic carbocycles. The number of rotatable bonds is 8. The second-order valence-corrected chi connectivity index (χ2v) is 12.5. The second kappa shape index (κ2) is 11.4. The van der Waals surface area contributed by atoms with Gasteiger partial charge >= 0.3 is 6.03 Å².